The van der Waals surface area contributed by atoms with E-state index < -0.39 is 5.82 Å². The summed E-state index contributed by atoms with van der Waals surface area (Å²) in [4.78, 5) is 25.2. The highest BCUT2D eigenvalue weighted by molar-refractivity contribution is 6.31. The van der Waals surface area contributed by atoms with Gasteiger partial charge in [0, 0.05) is 43.5 Å². The minimum Gasteiger partial charge on any atom is -0.409 e. The molecule has 0 saturated carbocycles. The predicted octanol–water partition coefficient (Wildman–Crippen LogP) is 3.03. The summed E-state index contributed by atoms with van der Waals surface area (Å²) in [6, 6.07) is 5.73. The van der Waals surface area contributed by atoms with Gasteiger partial charge in [0.15, 0.2) is 11.5 Å². The van der Waals surface area contributed by atoms with Gasteiger partial charge in [0.1, 0.15) is 5.82 Å². The lowest BCUT2D eigenvalue weighted by Gasteiger charge is -2.15. The van der Waals surface area contributed by atoms with Gasteiger partial charge in [-0.05, 0) is 30.7 Å². The van der Waals surface area contributed by atoms with Crippen LogP contribution in [-0.4, -0.2) is 56.4 Å². The number of aromatic nitrogens is 3. The molecule has 156 valence electrons. The smallest absolute Gasteiger partial charge is 0.222 e. The van der Waals surface area contributed by atoms with Crippen molar-refractivity contribution in [1.29, 1.82) is 0 Å². The van der Waals surface area contributed by atoms with Crippen molar-refractivity contribution in [1.82, 2.24) is 19.9 Å². The van der Waals surface area contributed by atoms with Gasteiger partial charge in [-0.1, -0.05) is 16.8 Å². The molecule has 1 aromatic carbocycles. The first kappa shape index (κ1) is 19.9. The Kier molecular flexibility index (Phi) is 5.66. The van der Waals surface area contributed by atoms with E-state index in [0.29, 0.717) is 47.9 Å². The van der Waals surface area contributed by atoms with Crippen molar-refractivity contribution in [3.8, 4) is 0 Å². The average molecular weight is 432 g/mol. The van der Waals surface area contributed by atoms with Gasteiger partial charge >= 0.3 is 0 Å². The van der Waals surface area contributed by atoms with Gasteiger partial charge in [0.05, 0.1) is 10.5 Å². The summed E-state index contributed by atoms with van der Waals surface area (Å²) in [7, 11) is 0. The number of pyridine rings is 1. The molecule has 0 bridgehead atoms. The van der Waals surface area contributed by atoms with Crippen LogP contribution in [0.25, 0.3) is 11.2 Å². The topological polar surface area (TPSA) is 119 Å². The number of carbonyl (C=O) groups excluding carboxylic acids is 1. The number of rotatable bonds is 6. The van der Waals surface area contributed by atoms with Crippen LogP contribution >= 0.6 is 11.6 Å². The number of benzene rings is 1. The number of hydrogen-bond donors (Lipinski definition) is 4. The fourth-order valence-electron chi connectivity index (χ4n) is 3.30. The van der Waals surface area contributed by atoms with Gasteiger partial charge in [0.2, 0.25) is 11.9 Å². The number of aromatic amines is 1. The largest absolute Gasteiger partial charge is 0.409 e. The Morgan fingerprint density at radius 2 is 2.27 bits per heavy atom. The molecule has 3 heterocycles. The van der Waals surface area contributed by atoms with Crippen molar-refractivity contribution in [3.05, 3.63) is 46.9 Å². The van der Waals surface area contributed by atoms with Crippen LogP contribution in [-0.2, 0) is 4.79 Å². The zero-order valence-electron chi connectivity index (χ0n) is 15.8. The highest BCUT2D eigenvalue weighted by atomic mass is 35.5. The molecular weight excluding hydrogens is 413 g/mol. The number of H-pyrrole nitrogens is 1. The molecule has 1 aliphatic heterocycles. The van der Waals surface area contributed by atoms with Crippen molar-refractivity contribution < 1.29 is 14.4 Å². The maximum Gasteiger partial charge on any atom is 0.222 e. The molecule has 0 radical (unpaired) electrons. The molecule has 11 heteroatoms. The molecule has 1 fully saturated rings. The number of amidine groups is 1. The zero-order chi connectivity index (χ0) is 21.1. The fourth-order valence-corrected chi connectivity index (χ4v) is 3.48. The van der Waals surface area contributed by atoms with E-state index in [1.54, 1.807) is 6.07 Å². The minimum atomic E-state index is -0.545. The van der Waals surface area contributed by atoms with Crippen molar-refractivity contribution in [2.75, 3.05) is 30.3 Å². The molecule has 1 amide bonds. The van der Waals surface area contributed by atoms with E-state index >= 15 is 0 Å². The highest BCUT2D eigenvalue weighted by Crippen LogP contribution is 2.22. The molecule has 1 saturated heterocycles. The van der Waals surface area contributed by atoms with Gasteiger partial charge in [-0.3, -0.25) is 4.79 Å². The van der Waals surface area contributed by atoms with E-state index in [9.17, 15) is 14.4 Å². The fraction of sp³-hybridized carbons (Fsp3) is 0.263. The highest BCUT2D eigenvalue weighted by Gasteiger charge is 2.19. The number of nitrogens with one attached hydrogen (secondary N) is 3. The van der Waals surface area contributed by atoms with Gasteiger partial charge in [0.25, 0.3) is 0 Å². The number of hydrogen-bond acceptors (Lipinski definition) is 6. The summed E-state index contributed by atoms with van der Waals surface area (Å²) >= 11 is 5.81. The number of halogens is 2. The third-order valence-corrected chi connectivity index (χ3v) is 5.06. The van der Waals surface area contributed by atoms with Gasteiger partial charge in [-0.15, -0.1) is 0 Å². The molecule has 3 aromatic rings. The normalized spacial score (nSPS) is 14.5. The summed E-state index contributed by atoms with van der Waals surface area (Å²) in [6.07, 6.45) is 3.04. The molecule has 1 aliphatic rings. The summed E-state index contributed by atoms with van der Waals surface area (Å²) in [5, 5.41) is 18.8. The van der Waals surface area contributed by atoms with Crippen LogP contribution < -0.4 is 10.6 Å². The van der Waals surface area contributed by atoms with Crippen LogP contribution in [0.4, 0.5) is 16.0 Å². The lowest BCUT2D eigenvalue weighted by atomic mass is 10.2. The van der Waals surface area contributed by atoms with E-state index in [1.807, 2.05) is 4.90 Å². The van der Waals surface area contributed by atoms with Gasteiger partial charge in [-0.2, -0.15) is 4.98 Å². The SMILES string of the molecule is O=C1CCCN1CCNc1nc2nccc(/C(=N\O)Nc3ccc(F)c(Cl)c3)c2[nH]1. The number of imidazole rings is 1. The number of oxime groups is 1. The second kappa shape index (κ2) is 8.54. The summed E-state index contributed by atoms with van der Waals surface area (Å²) < 4.78 is 13.4. The molecule has 2 aromatic heterocycles. The first-order valence-electron chi connectivity index (χ1n) is 9.36. The third kappa shape index (κ3) is 4.13. The van der Waals surface area contributed by atoms with Crippen molar-refractivity contribution >= 4 is 46.1 Å². The maximum absolute atomic E-state index is 13.4. The van der Waals surface area contributed by atoms with Crippen LogP contribution in [0.3, 0.4) is 0 Å². The van der Waals surface area contributed by atoms with E-state index in [-0.39, 0.29) is 16.8 Å². The Morgan fingerprint density at radius 1 is 1.40 bits per heavy atom. The second-order valence-corrected chi connectivity index (χ2v) is 7.16. The van der Waals surface area contributed by atoms with E-state index in [1.165, 1.54) is 24.4 Å². The van der Waals surface area contributed by atoms with Gasteiger partial charge < -0.3 is 25.7 Å². The van der Waals surface area contributed by atoms with E-state index in [4.69, 9.17) is 11.6 Å². The number of likely N-dealkylation sites (tertiary alicyclic amines) is 1. The Labute approximate surface area is 176 Å². The molecule has 30 heavy (non-hydrogen) atoms. The summed E-state index contributed by atoms with van der Waals surface area (Å²) in [5.41, 5.74) is 1.93. The standard InChI is InChI=1S/C19H19ClFN7O2/c20-13-10-11(3-4-14(13)21)24-17(27-30)12-5-6-22-18-16(12)25-19(26-18)23-7-9-28-8-1-2-15(28)29/h3-6,10,30H,1-2,7-9H2,(H,24,27)(H2,22,23,25,26). The molecule has 0 atom stereocenters. The van der Waals surface area contributed by atoms with E-state index in [2.05, 4.69) is 30.7 Å². The van der Waals surface area contributed by atoms with Crippen molar-refractivity contribution in [3.63, 3.8) is 0 Å². The summed E-state index contributed by atoms with van der Waals surface area (Å²) in [5.74, 6) is 0.221. The number of anilines is 2. The van der Waals surface area contributed by atoms with Crippen molar-refractivity contribution in [2.24, 2.45) is 5.16 Å². The van der Waals surface area contributed by atoms with E-state index in [0.717, 1.165) is 13.0 Å². The zero-order valence-corrected chi connectivity index (χ0v) is 16.6. The van der Waals surface area contributed by atoms with Crippen molar-refractivity contribution in [2.45, 2.75) is 12.8 Å². The first-order valence-corrected chi connectivity index (χ1v) is 9.74. The predicted molar refractivity (Wildman–Crippen MR) is 112 cm³/mol. The average Bonchev–Trinajstić information content (AvgIpc) is 3.34. The quantitative estimate of drug-likeness (QED) is 0.206. The number of nitrogens with zero attached hydrogens (tertiary/aromatic N) is 4. The second-order valence-electron chi connectivity index (χ2n) is 6.76. The minimum absolute atomic E-state index is 0.0540. The molecule has 0 aliphatic carbocycles. The van der Waals surface area contributed by atoms with Crippen LogP contribution in [0.5, 0.6) is 0 Å². The Bertz CT molecular complexity index is 1120. The Balaban J connectivity index is 1.51. The molecule has 4 rings (SSSR count). The number of carbonyl (C=O) groups is 1. The molecule has 9 nitrogen and oxygen atoms in total. The lowest BCUT2D eigenvalue weighted by Crippen LogP contribution is -2.30. The Morgan fingerprint density at radius 3 is 3.00 bits per heavy atom. The summed E-state index contributed by atoms with van der Waals surface area (Å²) in [6.45, 7) is 1.91. The maximum atomic E-state index is 13.4. The number of fused-ring (bicyclic) bond motifs is 1. The Hall–Kier alpha value is -3.40. The monoisotopic (exact) mass is 431 g/mol. The molecule has 4 N–H and O–H groups in total. The van der Waals surface area contributed by atoms with Crippen LogP contribution in [0.15, 0.2) is 35.6 Å². The molecule has 0 spiro atoms. The third-order valence-electron chi connectivity index (χ3n) is 4.78. The van der Waals surface area contributed by atoms with Crippen LogP contribution in [0, 0.1) is 5.82 Å². The molecule has 0 unspecified atom stereocenters. The van der Waals surface area contributed by atoms with Crippen LogP contribution in [0.1, 0.15) is 18.4 Å². The lowest BCUT2D eigenvalue weighted by molar-refractivity contribution is -0.127. The molecular formula is C19H19ClFN7O2. The first-order chi connectivity index (χ1) is 14.5. The van der Waals surface area contributed by atoms with Crippen LogP contribution in [0.2, 0.25) is 5.02 Å². The number of amides is 1. The van der Waals surface area contributed by atoms with Gasteiger partial charge in [-0.25, -0.2) is 9.37 Å².